The molecule has 1 aromatic rings. The van der Waals surface area contributed by atoms with Gasteiger partial charge >= 0.3 is 5.97 Å². The van der Waals surface area contributed by atoms with Crippen molar-refractivity contribution in [1.82, 2.24) is 0 Å². The zero-order valence-corrected chi connectivity index (χ0v) is 9.40. The number of fused-ring (bicyclic) bond motifs is 1. The van der Waals surface area contributed by atoms with Gasteiger partial charge in [-0.25, -0.2) is 4.79 Å². The van der Waals surface area contributed by atoms with Crippen LogP contribution < -0.4 is 4.74 Å². The third-order valence-corrected chi connectivity index (χ3v) is 2.72. The summed E-state index contributed by atoms with van der Waals surface area (Å²) in [7, 11) is 2.65. The lowest BCUT2D eigenvalue weighted by molar-refractivity contribution is -0.114. The molecule has 17 heavy (non-hydrogen) atoms. The molecule has 0 atom stereocenters. The summed E-state index contributed by atoms with van der Waals surface area (Å²) in [6, 6.07) is 2.98. The SMILES string of the molecule is COC(=O)c1c(OC)ccc2c1CC(=O)C2=O. The molecule has 0 amide bonds. The van der Waals surface area contributed by atoms with Gasteiger partial charge in [-0.1, -0.05) is 0 Å². The summed E-state index contributed by atoms with van der Waals surface area (Å²) in [4.78, 5) is 34.5. The van der Waals surface area contributed by atoms with Gasteiger partial charge in [0.1, 0.15) is 11.3 Å². The highest BCUT2D eigenvalue weighted by Crippen LogP contribution is 2.31. The predicted octanol–water partition coefficient (Wildman–Crippen LogP) is 0.790. The van der Waals surface area contributed by atoms with E-state index in [-0.39, 0.29) is 17.5 Å². The van der Waals surface area contributed by atoms with E-state index in [1.165, 1.54) is 26.4 Å². The van der Waals surface area contributed by atoms with Gasteiger partial charge in [0.15, 0.2) is 0 Å². The zero-order valence-electron chi connectivity index (χ0n) is 9.40. The highest BCUT2D eigenvalue weighted by molar-refractivity contribution is 6.47. The lowest BCUT2D eigenvalue weighted by Crippen LogP contribution is -2.08. The Balaban J connectivity index is 2.68. The van der Waals surface area contributed by atoms with Crippen LogP contribution in [0.15, 0.2) is 12.1 Å². The summed E-state index contributed by atoms with van der Waals surface area (Å²) in [6.07, 6.45) is -0.0736. The predicted molar refractivity (Wildman–Crippen MR) is 57.4 cm³/mol. The second kappa shape index (κ2) is 4.01. The lowest BCUT2D eigenvalue weighted by atomic mass is 10.0. The summed E-state index contributed by atoms with van der Waals surface area (Å²) in [5.74, 6) is -1.38. The molecule has 0 radical (unpaired) electrons. The molecular formula is C12H10O5. The Hall–Kier alpha value is -2.17. The highest BCUT2D eigenvalue weighted by atomic mass is 16.5. The number of carbonyl (C=O) groups excluding carboxylic acids is 3. The van der Waals surface area contributed by atoms with Crippen molar-refractivity contribution in [2.75, 3.05) is 14.2 Å². The number of methoxy groups -OCH3 is 2. The molecule has 1 aromatic carbocycles. The topological polar surface area (TPSA) is 69.7 Å². The van der Waals surface area contributed by atoms with Gasteiger partial charge in [-0.3, -0.25) is 9.59 Å². The first-order chi connectivity index (χ1) is 8.10. The minimum Gasteiger partial charge on any atom is -0.496 e. The maximum atomic E-state index is 11.6. The third kappa shape index (κ3) is 1.60. The fourth-order valence-corrected chi connectivity index (χ4v) is 1.91. The Morgan fingerprint density at radius 2 is 1.94 bits per heavy atom. The summed E-state index contributed by atoms with van der Waals surface area (Å²) in [6.45, 7) is 0. The van der Waals surface area contributed by atoms with Crippen molar-refractivity contribution >= 4 is 17.5 Å². The molecule has 0 N–H and O–H groups in total. The van der Waals surface area contributed by atoms with E-state index in [1.807, 2.05) is 0 Å². The first kappa shape index (κ1) is 11.3. The molecule has 0 aromatic heterocycles. The Kier molecular flexibility index (Phi) is 2.67. The molecule has 0 unspecified atom stereocenters. The number of ether oxygens (including phenoxy) is 2. The van der Waals surface area contributed by atoms with Crippen molar-refractivity contribution in [3.05, 3.63) is 28.8 Å². The van der Waals surface area contributed by atoms with E-state index in [0.717, 1.165) is 0 Å². The van der Waals surface area contributed by atoms with Crippen LogP contribution >= 0.6 is 0 Å². The van der Waals surface area contributed by atoms with E-state index >= 15 is 0 Å². The van der Waals surface area contributed by atoms with Crippen molar-refractivity contribution in [2.24, 2.45) is 0 Å². The molecule has 0 fully saturated rings. The number of esters is 1. The molecule has 0 bridgehead atoms. The van der Waals surface area contributed by atoms with Crippen molar-refractivity contribution in [3.63, 3.8) is 0 Å². The van der Waals surface area contributed by atoms with E-state index in [2.05, 4.69) is 4.74 Å². The van der Waals surface area contributed by atoms with Gasteiger partial charge in [0.2, 0.25) is 11.6 Å². The Labute approximate surface area is 97.3 Å². The number of rotatable bonds is 2. The molecule has 1 aliphatic rings. The average molecular weight is 234 g/mol. The average Bonchev–Trinajstić information content (AvgIpc) is 2.63. The van der Waals surface area contributed by atoms with Crippen molar-refractivity contribution in [2.45, 2.75) is 6.42 Å². The first-order valence-electron chi connectivity index (χ1n) is 4.95. The normalized spacial score (nSPS) is 13.5. The maximum absolute atomic E-state index is 11.6. The second-order valence-corrected chi connectivity index (χ2v) is 3.59. The second-order valence-electron chi connectivity index (χ2n) is 3.59. The smallest absolute Gasteiger partial charge is 0.341 e. The van der Waals surface area contributed by atoms with E-state index in [4.69, 9.17) is 4.74 Å². The van der Waals surface area contributed by atoms with Crippen molar-refractivity contribution in [1.29, 1.82) is 0 Å². The number of ketones is 2. The standard InChI is InChI=1S/C12H10O5/c1-16-9-4-3-6-7(5-8(13)11(6)14)10(9)12(15)17-2/h3-4H,5H2,1-2H3. The largest absolute Gasteiger partial charge is 0.496 e. The van der Waals surface area contributed by atoms with Crippen LogP contribution in [0.4, 0.5) is 0 Å². The third-order valence-electron chi connectivity index (χ3n) is 2.72. The molecule has 5 heteroatoms. The van der Waals surface area contributed by atoms with E-state index in [9.17, 15) is 14.4 Å². The van der Waals surface area contributed by atoms with Gasteiger partial charge in [0, 0.05) is 12.0 Å². The molecule has 0 saturated heterocycles. The van der Waals surface area contributed by atoms with Crippen LogP contribution in [0, 0.1) is 0 Å². The molecule has 5 nitrogen and oxygen atoms in total. The van der Waals surface area contributed by atoms with Crippen LogP contribution in [0.5, 0.6) is 5.75 Å². The van der Waals surface area contributed by atoms with Crippen LogP contribution in [0.25, 0.3) is 0 Å². The molecule has 88 valence electrons. The summed E-state index contributed by atoms with van der Waals surface area (Å²) >= 11 is 0. The number of Topliss-reactive ketones (excluding diaryl/α,β-unsaturated/α-hetero) is 2. The van der Waals surface area contributed by atoms with Crippen molar-refractivity contribution < 1.29 is 23.9 Å². The summed E-state index contributed by atoms with van der Waals surface area (Å²) < 4.78 is 9.67. The minimum atomic E-state index is -0.610. The molecule has 0 saturated carbocycles. The van der Waals surface area contributed by atoms with Crippen LogP contribution in [0.1, 0.15) is 26.3 Å². The minimum absolute atomic E-state index is 0.0736. The number of carbonyl (C=O) groups is 3. The van der Waals surface area contributed by atoms with Crippen molar-refractivity contribution in [3.8, 4) is 5.75 Å². The fourth-order valence-electron chi connectivity index (χ4n) is 1.91. The van der Waals surface area contributed by atoms with Gasteiger partial charge in [-0.05, 0) is 17.7 Å². The molecule has 0 heterocycles. The Morgan fingerprint density at radius 1 is 1.24 bits per heavy atom. The molecule has 1 aliphatic carbocycles. The van der Waals surface area contributed by atoms with Gasteiger partial charge in [-0.15, -0.1) is 0 Å². The fraction of sp³-hybridized carbons (Fsp3) is 0.250. The maximum Gasteiger partial charge on any atom is 0.341 e. The Morgan fingerprint density at radius 3 is 2.53 bits per heavy atom. The highest BCUT2D eigenvalue weighted by Gasteiger charge is 2.34. The Bertz CT molecular complexity index is 530. The van der Waals surface area contributed by atoms with Gasteiger partial charge in [0.25, 0.3) is 0 Å². The number of hydrogen-bond acceptors (Lipinski definition) is 5. The quantitative estimate of drug-likeness (QED) is 0.559. The summed E-state index contributed by atoms with van der Waals surface area (Å²) in [5, 5.41) is 0. The zero-order chi connectivity index (χ0) is 12.6. The van der Waals surface area contributed by atoms with Crippen LogP contribution in [-0.2, 0) is 16.0 Å². The van der Waals surface area contributed by atoms with Crippen LogP contribution in [-0.4, -0.2) is 31.8 Å². The van der Waals surface area contributed by atoms with Gasteiger partial charge in [-0.2, -0.15) is 0 Å². The first-order valence-corrected chi connectivity index (χ1v) is 4.95. The molecule has 0 aliphatic heterocycles. The number of hydrogen-bond donors (Lipinski definition) is 0. The van der Waals surface area contributed by atoms with E-state index in [1.54, 1.807) is 0 Å². The number of benzene rings is 1. The van der Waals surface area contributed by atoms with Crippen LogP contribution in [0.2, 0.25) is 0 Å². The molecule has 2 rings (SSSR count). The lowest BCUT2D eigenvalue weighted by Gasteiger charge is -2.10. The van der Waals surface area contributed by atoms with E-state index < -0.39 is 17.5 Å². The molecular weight excluding hydrogens is 224 g/mol. The van der Waals surface area contributed by atoms with E-state index in [0.29, 0.717) is 11.3 Å². The van der Waals surface area contributed by atoms with Gasteiger partial charge in [0.05, 0.1) is 14.2 Å². The molecule has 0 spiro atoms. The van der Waals surface area contributed by atoms with Crippen LogP contribution in [0.3, 0.4) is 0 Å². The summed E-state index contributed by atoms with van der Waals surface area (Å²) in [5.41, 5.74) is 0.814. The van der Waals surface area contributed by atoms with Gasteiger partial charge < -0.3 is 9.47 Å². The monoisotopic (exact) mass is 234 g/mol.